The minimum atomic E-state index is 0.266. The molecule has 0 aromatic carbocycles. The van der Waals surface area contributed by atoms with E-state index in [4.69, 9.17) is 5.11 Å². The second-order valence-corrected chi connectivity index (χ2v) is 3.84. The van der Waals surface area contributed by atoms with Crippen molar-refractivity contribution in [2.75, 3.05) is 24.6 Å². The quantitative estimate of drug-likeness (QED) is 0.747. The number of aliphatic hydroxyl groups excluding tert-OH is 1. The molecule has 0 radical (unpaired) electrons. The van der Waals surface area contributed by atoms with Crippen LogP contribution in [0.3, 0.4) is 0 Å². The minimum Gasteiger partial charge on any atom is -0.396 e. The Labute approximate surface area is 83.6 Å². The van der Waals surface area contributed by atoms with Gasteiger partial charge in [-0.15, -0.1) is 0 Å². The molecule has 1 N–H and O–H groups in total. The fraction of sp³-hybridized carbons (Fsp3) is 0.600. The Balaban J connectivity index is 2.06. The highest BCUT2D eigenvalue weighted by Gasteiger charge is 2.23. The summed E-state index contributed by atoms with van der Waals surface area (Å²) >= 11 is 0. The highest BCUT2D eigenvalue weighted by Crippen LogP contribution is 2.19. The molecular formula is C10H15N3O. The average Bonchev–Trinajstić information content (AvgIpc) is 2.67. The first-order valence-electron chi connectivity index (χ1n) is 4.94. The molecule has 4 heteroatoms. The molecule has 0 bridgehead atoms. The van der Waals surface area contributed by atoms with Gasteiger partial charge in [0.1, 0.15) is 0 Å². The molecule has 0 amide bonds. The Morgan fingerprint density at radius 2 is 2.21 bits per heavy atom. The maximum Gasteiger partial charge on any atom is 0.225 e. The van der Waals surface area contributed by atoms with Crippen LogP contribution in [0.25, 0.3) is 0 Å². The number of hydrogen-bond acceptors (Lipinski definition) is 4. The smallest absolute Gasteiger partial charge is 0.225 e. The zero-order valence-electron chi connectivity index (χ0n) is 8.35. The molecule has 1 aromatic heterocycles. The molecule has 2 rings (SSSR count). The molecule has 1 fully saturated rings. The molecule has 14 heavy (non-hydrogen) atoms. The molecule has 1 aromatic rings. The number of aryl methyl sites for hydroxylation is 1. The fourth-order valence-electron chi connectivity index (χ4n) is 1.71. The van der Waals surface area contributed by atoms with Crippen LogP contribution in [0.2, 0.25) is 0 Å². The van der Waals surface area contributed by atoms with Gasteiger partial charge in [0.2, 0.25) is 5.95 Å². The van der Waals surface area contributed by atoms with Gasteiger partial charge in [-0.2, -0.15) is 0 Å². The van der Waals surface area contributed by atoms with Crippen molar-refractivity contribution in [1.82, 2.24) is 9.97 Å². The number of rotatable bonds is 2. The van der Waals surface area contributed by atoms with E-state index in [9.17, 15) is 0 Å². The maximum atomic E-state index is 9.01. The average molecular weight is 193 g/mol. The summed E-state index contributed by atoms with van der Waals surface area (Å²) in [4.78, 5) is 10.6. The van der Waals surface area contributed by atoms with Crippen molar-refractivity contribution in [3.8, 4) is 0 Å². The molecule has 1 aliphatic rings. The molecule has 0 aliphatic carbocycles. The first kappa shape index (κ1) is 9.40. The van der Waals surface area contributed by atoms with E-state index < -0.39 is 0 Å². The van der Waals surface area contributed by atoms with Gasteiger partial charge in [0.05, 0.1) is 0 Å². The Morgan fingerprint density at radius 3 is 2.79 bits per heavy atom. The van der Waals surface area contributed by atoms with Gasteiger partial charge in [-0.3, -0.25) is 0 Å². The lowest BCUT2D eigenvalue weighted by Crippen LogP contribution is -2.22. The van der Waals surface area contributed by atoms with Gasteiger partial charge in [-0.25, -0.2) is 9.97 Å². The van der Waals surface area contributed by atoms with Gasteiger partial charge in [-0.1, -0.05) is 0 Å². The number of anilines is 1. The molecule has 1 unspecified atom stereocenters. The van der Waals surface area contributed by atoms with Crippen LogP contribution in [0.5, 0.6) is 0 Å². The summed E-state index contributed by atoms with van der Waals surface area (Å²) in [7, 11) is 0. The Bertz CT molecular complexity index is 299. The number of aromatic nitrogens is 2. The van der Waals surface area contributed by atoms with E-state index in [0.717, 1.165) is 31.0 Å². The molecule has 1 atom stereocenters. The summed E-state index contributed by atoms with van der Waals surface area (Å²) in [6.45, 7) is 4.07. The maximum absolute atomic E-state index is 9.01. The van der Waals surface area contributed by atoms with Gasteiger partial charge in [0.15, 0.2) is 0 Å². The van der Waals surface area contributed by atoms with Crippen LogP contribution < -0.4 is 4.90 Å². The summed E-state index contributed by atoms with van der Waals surface area (Å²) in [5, 5.41) is 9.01. The third kappa shape index (κ3) is 1.85. The van der Waals surface area contributed by atoms with Crippen molar-refractivity contribution in [3.05, 3.63) is 18.0 Å². The summed E-state index contributed by atoms with van der Waals surface area (Å²) in [5.41, 5.74) is 1.08. The SMILES string of the molecule is Cc1cnc(N2CCC(CO)C2)nc1. The van der Waals surface area contributed by atoms with Gasteiger partial charge in [-0.05, 0) is 18.9 Å². The van der Waals surface area contributed by atoms with Gasteiger partial charge in [0.25, 0.3) is 0 Å². The molecule has 1 saturated heterocycles. The van der Waals surface area contributed by atoms with Crippen molar-refractivity contribution in [1.29, 1.82) is 0 Å². The lowest BCUT2D eigenvalue weighted by molar-refractivity contribution is 0.238. The molecule has 76 valence electrons. The first-order valence-corrected chi connectivity index (χ1v) is 4.94. The van der Waals surface area contributed by atoms with Crippen molar-refractivity contribution < 1.29 is 5.11 Å². The minimum absolute atomic E-state index is 0.266. The summed E-state index contributed by atoms with van der Waals surface area (Å²) in [6, 6.07) is 0. The van der Waals surface area contributed by atoms with Crippen molar-refractivity contribution >= 4 is 5.95 Å². The second kappa shape index (κ2) is 3.92. The third-order valence-electron chi connectivity index (χ3n) is 2.59. The van der Waals surface area contributed by atoms with E-state index in [-0.39, 0.29) is 6.61 Å². The zero-order valence-corrected chi connectivity index (χ0v) is 8.35. The van der Waals surface area contributed by atoms with Crippen LogP contribution in [0.15, 0.2) is 12.4 Å². The molecule has 0 saturated carbocycles. The second-order valence-electron chi connectivity index (χ2n) is 3.84. The van der Waals surface area contributed by atoms with E-state index in [1.54, 1.807) is 0 Å². The molecule has 0 spiro atoms. The van der Waals surface area contributed by atoms with E-state index in [1.165, 1.54) is 0 Å². The Hall–Kier alpha value is -1.16. The Morgan fingerprint density at radius 1 is 1.50 bits per heavy atom. The van der Waals surface area contributed by atoms with Crippen molar-refractivity contribution in [3.63, 3.8) is 0 Å². The number of nitrogens with zero attached hydrogens (tertiary/aromatic N) is 3. The first-order chi connectivity index (χ1) is 6.79. The van der Waals surface area contributed by atoms with Gasteiger partial charge >= 0.3 is 0 Å². The van der Waals surface area contributed by atoms with Crippen LogP contribution in [0.1, 0.15) is 12.0 Å². The van der Waals surface area contributed by atoms with Crippen LogP contribution in [0, 0.1) is 12.8 Å². The lowest BCUT2D eigenvalue weighted by Gasteiger charge is -2.15. The van der Waals surface area contributed by atoms with Crippen molar-refractivity contribution in [2.45, 2.75) is 13.3 Å². The van der Waals surface area contributed by atoms with Gasteiger partial charge < -0.3 is 10.0 Å². The zero-order chi connectivity index (χ0) is 9.97. The normalized spacial score (nSPS) is 21.6. The van der Waals surface area contributed by atoms with Crippen LogP contribution in [0.4, 0.5) is 5.95 Å². The monoisotopic (exact) mass is 193 g/mol. The van der Waals surface area contributed by atoms with E-state index in [1.807, 2.05) is 19.3 Å². The predicted octanol–water partition coefficient (Wildman–Crippen LogP) is 0.604. The summed E-state index contributed by atoms with van der Waals surface area (Å²) < 4.78 is 0. The topological polar surface area (TPSA) is 49.2 Å². The molecule has 1 aliphatic heterocycles. The van der Waals surface area contributed by atoms with E-state index in [0.29, 0.717) is 5.92 Å². The van der Waals surface area contributed by atoms with E-state index >= 15 is 0 Å². The largest absolute Gasteiger partial charge is 0.396 e. The van der Waals surface area contributed by atoms with E-state index in [2.05, 4.69) is 14.9 Å². The van der Waals surface area contributed by atoms with Crippen LogP contribution in [-0.4, -0.2) is 34.8 Å². The fourth-order valence-corrected chi connectivity index (χ4v) is 1.71. The predicted molar refractivity (Wildman–Crippen MR) is 54.2 cm³/mol. The molecule has 4 nitrogen and oxygen atoms in total. The van der Waals surface area contributed by atoms with Crippen LogP contribution in [-0.2, 0) is 0 Å². The summed E-state index contributed by atoms with van der Waals surface area (Å²) in [6.07, 6.45) is 4.69. The molecule has 2 heterocycles. The number of aliphatic hydroxyl groups is 1. The van der Waals surface area contributed by atoms with Crippen molar-refractivity contribution in [2.24, 2.45) is 5.92 Å². The lowest BCUT2D eigenvalue weighted by atomic mass is 10.1. The van der Waals surface area contributed by atoms with Gasteiger partial charge in [0, 0.05) is 38.0 Å². The third-order valence-corrected chi connectivity index (χ3v) is 2.59. The highest BCUT2D eigenvalue weighted by atomic mass is 16.3. The Kier molecular flexibility index (Phi) is 2.63. The summed E-state index contributed by atoms with van der Waals surface area (Å²) in [5.74, 6) is 1.17. The van der Waals surface area contributed by atoms with Crippen LogP contribution >= 0.6 is 0 Å². The highest BCUT2D eigenvalue weighted by molar-refractivity contribution is 5.31. The number of hydrogen-bond donors (Lipinski definition) is 1. The molecular weight excluding hydrogens is 178 g/mol. The standard InChI is InChI=1S/C10H15N3O/c1-8-4-11-10(12-5-8)13-3-2-9(6-13)7-14/h4-5,9,14H,2-3,6-7H2,1H3.